The Bertz CT molecular complexity index is 1150. The van der Waals surface area contributed by atoms with Crippen LogP contribution < -0.4 is 5.73 Å². The van der Waals surface area contributed by atoms with Crippen LogP contribution in [-0.4, -0.2) is 21.2 Å². The van der Waals surface area contributed by atoms with Crippen molar-refractivity contribution in [3.05, 3.63) is 82.4 Å². The number of benzene rings is 2. The normalized spacial score (nSPS) is 15.1. The fourth-order valence-corrected chi connectivity index (χ4v) is 3.54. The predicted molar refractivity (Wildman–Crippen MR) is 105 cm³/mol. The third kappa shape index (κ3) is 2.63. The smallest absolute Gasteiger partial charge is 0.269 e. The summed E-state index contributed by atoms with van der Waals surface area (Å²) < 4.78 is 1.88. The summed E-state index contributed by atoms with van der Waals surface area (Å²) in [5.74, 6) is 2.13. The van der Waals surface area contributed by atoms with E-state index in [-0.39, 0.29) is 11.7 Å². The Hall–Kier alpha value is -3.65. The molecular weight excluding hydrogens is 336 g/mol. The molecule has 0 unspecified atom stereocenters. The van der Waals surface area contributed by atoms with Crippen molar-refractivity contribution in [2.75, 3.05) is 0 Å². The van der Waals surface area contributed by atoms with E-state index in [1.807, 2.05) is 47.9 Å². The number of hydrogen-bond acceptors (Lipinski definition) is 3. The van der Waals surface area contributed by atoms with Crippen molar-refractivity contribution in [2.24, 2.45) is 10.7 Å². The van der Waals surface area contributed by atoms with Crippen molar-refractivity contribution in [2.45, 2.75) is 19.9 Å². The molecule has 4 rings (SSSR count). The van der Waals surface area contributed by atoms with Crippen molar-refractivity contribution in [1.82, 2.24) is 9.55 Å². The third-order valence-electron chi connectivity index (χ3n) is 4.83. The molecule has 0 saturated heterocycles. The van der Waals surface area contributed by atoms with Crippen LogP contribution in [0.3, 0.4) is 0 Å². The van der Waals surface area contributed by atoms with Crippen LogP contribution in [0.5, 0.6) is 0 Å². The number of amides is 1. The lowest BCUT2D eigenvalue weighted by molar-refractivity contribution is 0.0994. The van der Waals surface area contributed by atoms with Gasteiger partial charge in [0.05, 0.1) is 23.1 Å². The van der Waals surface area contributed by atoms with Crippen LogP contribution >= 0.6 is 0 Å². The number of aryl methyl sites for hydroxylation is 1. The number of fused-ring (bicyclic) bond motifs is 3. The van der Waals surface area contributed by atoms with E-state index in [4.69, 9.17) is 17.1 Å². The molecule has 1 aliphatic heterocycles. The Morgan fingerprint density at radius 3 is 2.70 bits per heavy atom. The molecule has 0 bridgehead atoms. The molecule has 0 saturated carbocycles. The summed E-state index contributed by atoms with van der Waals surface area (Å²) in [6.07, 6.45) is 7.25. The van der Waals surface area contributed by atoms with E-state index in [0.29, 0.717) is 5.69 Å². The highest BCUT2D eigenvalue weighted by Crippen LogP contribution is 2.33. The summed E-state index contributed by atoms with van der Waals surface area (Å²) in [4.78, 5) is 21.1. The maximum Gasteiger partial charge on any atom is 0.269 e. The molecular formula is C22H18N4O. The topological polar surface area (TPSA) is 73.3 Å². The summed E-state index contributed by atoms with van der Waals surface area (Å²) in [6.45, 7) is 3.99. The van der Waals surface area contributed by atoms with Gasteiger partial charge in [0.2, 0.25) is 0 Å². The molecule has 5 heteroatoms. The Balaban J connectivity index is 2.08. The number of aliphatic imine (C=N–C) groups is 1. The lowest BCUT2D eigenvalue weighted by Gasteiger charge is -2.13. The minimum Gasteiger partial charge on any atom is -0.364 e. The monoisotopic (exact) mass is 354 g/mol. The number of carbonyl (C=O) groups is 1. The van der Waals surface area contributed by atoms with Gasteiger partial charge in [-0.15, -0.1) is 6.42 Å². The summed E-state index contributed by atoms with van der Waals surface area (Å²) >= 11 is 0. The quantitative estimate of drug-likeness (QED) is 0.718. The van der Waals surface area contributed by atoms with Gasteiger partial charge >= 0.3 is 0 Å². The molecule has 0 radical (unpaired) electrons. The van der Waals surface area contributed by atoms with Crippen LogP contribution in [0.2, 0.25) is 0 Å². The molecule has 1 atom stereocenters. The first-order chi connectivity index (χ1) is 13.0. The van der Waals surface area contributed by atoms with Crippen LogP contribution in [0.4, 0.5) is 0 Å². The van der Waals surface area contributed by atoms with E-state index in [9.17, 15) is 4.79 Å². The second-order valence-electron chi connectivity index (χ2n) is 6.56. The predicted octanol–water partition coefficient (Wildman–Crippen LogP) is 3.17. The van der Waals surface area contributed by atoms with Gasteiger partial charge in [-0.25, -0.2) is 4.98 Å². The van der Waals surface area contributed by atoms with E-state index in [1.165, 1.54) is 0 Å². The van der Waals surface area contributed by atoms with Crippen LogP contribution in [-0.2, 0) is 0 Å². The van der Waals surface area contributed by atoms with Gasteiger partial charge in [-0.05, 0) is 37.6 Å². The van der Waals surface area contributed by atoms with Crippen LogP contribution in [0.15, 0.2) is 53.8 Å². The molecule has 2 aromatic carbocycles. The largest absolute Gasteiger partial charge is 0.364 e. The number of terminal acetylenes is 1. The van der Waals surface area contributed by atoms with Crippen LogP contribution in [0.25, 0.3) is 5.69 Å². The van der Waals surface area contributed by atoms with E-state index in [2.05, 4.69) is 23.9 Å². The van der Waals surface area contributed by atoms with Crippen molar-refractivity contribution in [3.63, 3.8) is 0 Å². The van der Waals surface area contributed by atoms with Gasteiger partial charge in [0.1, 0.15) is 6.33 Å². The number of aromatic nitrogens is 2. The van der Waals surface area contributed by atoms with E-state index >= 15 is 0 Å². The van der Waals surface area contributed by atoms with Gasteiger partial charge in [0.15, 0.2) is 5.69 Å². The lowest BCUT2D eigenvalue weighted by Crippen LogP contribution is -2.15. The summed E-state index contributed by atoms with van der Waals surface area (Å²) in [5.41, 5.74) is 12.0. The minimum absolute atomic E-state index is 0.240. The molecule has 27 heavy (non-hydrogen) atoms. The Kier molecular flexibility index (Phi) is 3.89. The zero-order valence-electron chi connectivity index (χ0n) is 15.1. The fourth-order valence-electron chi connectivity index (χ4n) is 3.54. The molecule has 1 amide bonds. The highest BCUT2D eigenvalue weighted by molar-refractivity contribution is 6.16. The molecule has 1 aliphatic rings. The third-order valence-corrected chi connectivity index (χ3v) is 4.83. The van der Waals surface area contributed by atoms with Gasteiger partial charge in [0, 0.05) is 16.7 Å². The summed E-state index contributed by atoms with van der Waals surface area (Å²) in [5, 5.41) is 0. The van der Waals surface area contributed by atoms with Crippen LogP contribution in [0, 0.1) is 19.3 Å². The SMILES string of the molecule is C#Cc1ccc2c(c1)C(c1ccccc1C)=N[C@@H](C)c1c(C(N)=O)ncn1-2. The van der Waals surface area contributed by atoms with Crippen molar-refractivity contribution < 1.29 is 4.79 Å². The molecule has 2 N–H and O–H groups in total. The Labute approximate surface area is 157 Å². The first-order valence-electron chi connectivity index (χ1n) is 8.63. The number of primary amides is 1. The van der Waals surface area contributed by atoms with Crippen molar-refractivity contribution in [3.8, 4) is 18.0 Å². The van der Waals surface area contributed by atoms with Crippen molar-refractivity contribution in [1.29, 1.82) is 0 Å². The first kappa shape index (κ1) is 16.8. The molecule has 3 aromatic rings. The maximum atomic E-state index is 11.9. The second-order valence-corrected chi connectivity index (χ2v) is 6.56. The summed E-state index contributed by atoms with van der Waals surface area (Å²) in [6, 6.07) is 13.5. The first-order valence-corrected chi connectivity index (χ1v) is 8.63. The zero-order valence-corrected chi connectivity index (χ0v) is 15.1. The van der Waals surface area contributed by atoms with Gasteiger partial charge in [0.25, 0.3) is 5.91 Å². The second kappa shape index (κ2) is 6.26. The molecule has 1 aromatic heterocycles. The lowest BCUT2D eigenvalue weighted by atomic mass is 9.95. The fraction of sp³-hybridized carbons (Fsp3) is 0.136. The average molecular weight is 354 g/mol. The molecule has 2 heterocycles. The van der Waals surface area contributed by atoms with Crippen molar-refractivity contribution >= 4 is 11.6 Å². The highest BCUT2D eigenvalue weighted by Gasteiger charge is 2.28. The van der Waals surface area contributed by atoms with E-state index < -0.39 is 5.91 Å². The van der Waals surface area contributed by atoms with Gasteiger partial charge in [-0.3, -0.25) is 14.4 Å². The molecule has 5 nitrogen and oxygen atoms in total. The average Bonchev–Trinajstić information content (AvgIpc) is 3.07. The standard InChI is InChI=1S/C22H18N4O/c1-4-15-9-10-18-17(11-15)19(16-8-6-5-7-13(16)2)25-14(3)21-20(22(23)27)24-12-26(18)21/h1,5-12,14H,2-3H3,(H2,23,27)/t14-/m0/s1. The molecule has 132 valence electrons. The van der Waals surface area contributed by atoms with E-state index in [1.54, 1.807) is 6.33 Å². The highest BCUT2D eigenvalue weighted by atomic mass is 16.1. The number of hydrogen-bond donors (Lipinski definition) is 1. The number of rotatable bonds is 2. The zero-order chi connectivity index (χ0) is 19.1. The van der Waals surface area contributed by atoms with E-state index in [0.717, 1.165) is 33.7 Å². The maximum absolute atomic E-state index is 11.9. The number of imidazole rings is 1. The molecule has 0 spiro atoms. The van der Waals surface area contributed by atoms with Gasteiger partial charge < -0.3 is 5.73 Å². The summed E-state index contributed by atoms with van der Waals surface area (Å²) in [7, 11) is 0. The van der Waals surface area contributed by atoms with Crippen LogP contribution in [0.1, 0.15) is 51.4 Å². The minimum atomic E-state index is -0.563. The number of carbonyl (C=O) groups excluding carboxylic acids is 1. The number of nitrogens with zero attached hydrogens (tertiary/aromatic N) is 3. The molecule has 0 fully saturated rings. The van der Waals surface area contributed by atoms with Gasteiger partial charge in [-0.1, -0.05) is 30.2 Å². The number of nitrogens with two attached hydrogens (primary N) is 1. The Morgan fingerprint density at radius 1 is 1.22 bits per heavy atom. The molecule has 0 aliphatic carbocycles. The van der Waals surface area contributed by atoms with Gasteiger partial charge in [-0.2, -0.15) is 0 Å². The Morgan fingerprint density at radius 2 is 2.00 bits per heavy atom.